The molecule has 1 N–H and O–H groups in total. The van der Waals surface area contributed by atoms with E-state index in [1.54, 1.807) is 12.2 Å². The van der Waals surface area contributed by atoms with E-state index < -0.39 is 11.2 Å². The number of nitrogens with one attached hydrogen (secondary N) is 1. The molecule has 0 saturated carbocycles. The molecule has 1 aliphatic rings. The molecular formula is C18H15N5O4S. The van der Waals surface area contributed by atoms with Gasteiger partial charge in [-0.2, -0.15) is 4.98 Å². The summed E-state index contributed by atoms with van der Waals surface area (Å²) in [6, 6.07) is 10.4. The highest BCUT2D eigenvalue weighted by molar-refractivity contribution is 7.99. The standard InChI is InChI=1S/C18H15N5O4S/c1-2-28-18-20-17-16(21-22-18)12-5-3-4-6-13(12)19-14(27-17)9-7-11-8-10-15(26-11)23(24)25/h3-10,14,19H,2H2,1H3/b9-7+/t14-/m0/s1. The van der Waals surface area contributed by atoms with Gasteiger partial charge < -0.3 is 14.5 Å². The molecule has 0 bridgehead atoms. The lowest BCUT2D eigenvalue weighted by molar-refractivity contribution is -0.402. The first-order valence-corrected chi connectivity index (χ1v) is 9.45. The van der Waals surface area contributed by atoms with Crippen LogP contribution >= 0.6 is 11.8 Å². The number of thioether (sulfide) groups is 1. The number of anilines is 1. The Labute approximate surface area is 164 Å². The summed E-state index contributed by atoms with van der Waals surface area (Å²) < 4.78 is 11.1. The lowest BCUT2D eigenvalue weighted by atomic mass is 10.1. The molecule has 1 aliphatic heterocycles. The SMILES string of the molecule is CCSc1nnc2c(n1)O[C@@H](/C=C/c1ccc([N+](=O)[O-])o1)Nc1ccccc1-2. The van der Waals surface area contributed by atoms with E-state index in [1.807, 2.05) is 31.2 Å². The summed E-state index contributed by atoms with van der Waals surface area (Å²) in [4.78, 5) is 14.6. The third-order valence-corrected chi connectivity index (χ3v) is 4.57. The number of para-hydroxylation sites is 1. The molecule has 2 aromatic heterocycles. The highest BCUT2D eigenvalue weighted by Gasteiger charge is 2.23. The maximum Gasteiger partial charge on any atom is 0.433 e. The van der Waals surface area contributed by atoms with Gasteiger partial charge in [0.25, 0.3) is 0 Å². The zero-order valence-corrected chi connectivity index (χ0v) is 15.5. The molecule has 3 aromatic rings. The first-order valence-electron chi connectivity index (χ1n) is 8.46. The number of furan rings is 1. The summed E-state index contributed by atoms with van der Waals surface area (Å²) in [7, 11) is 0. The molecule has 9 nitrogen and oxygen atoms in total. The minimum absolute atomic E-state index is 0.316. The zero-order valence-electron chi connectivity index (χ0n) is 14.7. The van der Waals surface area contributed by atoms with E-state index in [0.717, 1.165) is 17.0 Å². The molecule has 0 saturated heterocycles. The van der Waals surface area contributed by atoms with Crippen molar-refractivity contribution in [2.24, 2.45) is 0 Å². The van der Waals surface area contributed by atoms with Crippen LogP contribution in [0, 0.1) is 10.1 Å². The molecule has 0 amide bonds. The van der Waals surface area contributed by atoms with Crippen molar-refractivity contribution in [3.8, 4) is 17.1 Å². The molecule has 4 rings (SSSR count). The van der Waals surface area contributed by atoms with Crippen LogP contribution in [0.4, 0.5) is 11.6 Å². The molecule has 0 radical (unpaired) electrons. The molecule has 142 valence electrons. The molecule has 28 heavy (non-hydrogen) atoms. The fourth-order valence-corrected chi connectivity index (χ4v) is 3.16. The number of rotatable bonds is 5. The largest absolute Gasteiger partial charge is 0.448 e. The Morgan fingerprint density at radius 3 is 2.93 bits per heavy atom. The summed E-state index contributed by atoms with van der Waals surface area (Å²) in [5, 5.41) is 23.0. The Morgan fingerprint density at radius 1 is 1.29 bits per heavy atom. The van der Waals surface area contributed by atoms with E-state index >= 15 is 0 Å². The summed E-state index contributed by atoms with van der Waals surface area (Å²) in [5.41, 5.74) is 2.19. The average molecular weight is 397 g/mol. The molecule has 10 heteroatoms. The highest BCUT2D eigenvalue weighted by Crippen LogP contribution is 2.36. The van der Waals surface area contributed by atoms with Crippen LogP contribution in [0.3, 0.4) is 0 Å². The van der Waals surface area contributed by atoms with Crippen molar-refractivity contribution in [3.63, 3.8) is 0 Å². The Morgan fingerprint density at radius 2 is 2.14 bits per heavy atom. The minimum atomic E-state index is -0.584. The molecule has 1 aromatic carbocycles. The summed E-state index contributed by atoms with van der Waals surface area (Å²) in [5.74, 6) is 1.21. The van der Waals surface area contributed by atoms with Gasteiger partial charge in [0.1, 0.15) is 10.7 Å². The van der Waals surface area contributed by atoms with Crippen LogP contribution < -0.4 is 10.1 Å². The van der Waals surface area contributed by atoms with E-state index in [9.17, 15) is 10.1 Å². The molecule has 1 atom stereocenters. The van der Waals surface area contributed by atoms with Crippen molar-refractivity contribution in [1.82, 2.24) is 15.2 Å². The normalized spacial score (nSPS) is 15.2. The molecule has 0 fully saturated rings. The predicted octanol–water partition coefficient (Wildman–Crippen LogP) is 4.00. The van der Waals surface area contributed by atoms with Gasteiger partial charge in [0, 0.05) is 11.3 Å². The number of nitrogens with zero attached hydrogens (tertiary/aromatic N) is 4. The molecule has 0 spiro atoms. The van der Waals surface area contributed by atoms with Gasteiger partial charge in [-0.15, -0.1) is 10.2 Å². The van der Waals surface area contributed by atoms with Gasteiger partial charge in [-0.1, -0.05) is 36.9 Å². The number of aromatic nitrogens is 3. The van der Waals surface area contributed by atoms with E-state index in [-0.39, 0.29) is 5.88 Å². The van der Waals surface area contributed by atoms with E-state index in [2.05, 4.69) is 20.5 Å². The van der Waals surface area contributed by atoms with Gasteiger partial charge in [-0.25, -0.2) is 0 Å². The Kier molecular flexibility index (Phi) is 4.94. The molecule has 0 aliphatic carbocycles. The van der Waals surface area contributed by atoms with Gasteiger partial charge in [-0.05, 0) is 30.0 Å². The van der Waals surface area contributed by atoms with Crippen LogP contribution in [-0.2, 0) is 0 Å². The summed E-state index contributed by atoms with van der Waals surface area (Å²) in [6.45, 7) is 2.01. The number of ether oxygens (including phenoxy) is 1. The monoisotopic (exact) mass is 397 g/mol. The number of hydrogen-bond acceptors (Lipinski definition) is 9. The lowest BCUT2D eigenvalue weighted by Gasteiger charge is -2.15. The fourth-order valence-electron chi connectivity index (χ4n) is 2.66. The summed E-state index contributed by atoms with van der Waals surface area (Å²) >= 11 is 1.47. The van der Waals surface area contributed by atoms with Gasteiger partial charge in [0.05, 0.1) is 6.07 Å². The van der Waals surface area contributed by atoms with Crippen molar-refractivity contribution in [1.29, 1.82) is 0 Å². The van der Waals surface area contributed by atoms with E-state index in [1.165, 1.54) is 23.9 Å². The highest BCUT2D eigenvalue weighted by atomic mass is 32.2. The average Bonchev–Trinajstić information content (AvgIpc) is 3.11. The predicted molar refractivity (Wildman–Crippen MR) is 104 cm³/mol. The topological polar surface area (TPSA) is 116 Å². The van der Waals surface area contributed by atoms with Crippen LogP contribution in [0.1, 0.15) is 12.7 Å². The Hall–Kier alpha value is -3.40. The second-order valence-corrected chi connectivity index (χ2v) is 6.93. The number of nitro groups is 1. The maximum absolute atomic E-state index is 10.8. The van der Waals surface area contributed by atoms with Crippen molar-refractivity contribution in [3.05, 3.63) is 58.3 Å². The smallest absolute Gasteiger partial charge is 0.433 e. The second-order valence-electron chi connectivity index (χ2n) is 5.70. The van der Waals surface area contributed by atoms with Crippen LogP contribution in [0.2, 0.25) is 0 Å². The number of hydrogen-bond donors (Lipinski definition) is 1. The Bertz CT molecular complexity index is 1050. The van der Waals surface area contributed by atoms with Gasteiger partial charge in [0.2, 0.25) is 11.0 Å². The quantitative estimate of drug-likeness (QED) is 0.387. The lowest BCUT2D eigenvalue weighted by Crippen LogP contribution is -2.23. The van der Waals surface area contributed by atoms with Crippen molar-refractivity contribution < 1.29 is 14.1 Å². The zero-order chi connectivity index (χ0) is 19.5. The number of fused-ring (bicyclic) bond motifs is 3. The molecular weight excluding hydrogens is 382 g/mol. The van der Waals surface area contributed by atoms with Gasteiger partial charge in [-0.3, -0.25) is 10.1 Å². The molecule has 0 unspecified atom stereocenters. The van der Waals surface area contributed by atoms with Crippen molar-refractivity contribution in [2.45, 2.75) is 18.3 Å². The van der Waals surface area contributed by atoms with Gasteiger partial charge in [0.15, 0.2) is 11.9 Å². The number of benzene rings is 1. The second kappa shape index (κ2) is 7.69. The van der Waals surface area contributed by atoms with Crippen LogP contribution in [0.15, 0.2) is 52.0 Å². The minimum Gasteiger partial charge on any atom is -0.448 e. The Balaban J connectivity index is 1.67. The van der Waals surface area contributed by atoms with Gasteiger partial charge >= 0.3 is 5.88 Å². The van der Waals surface area contributed by atoms with Crippen LogP contribution in [-0.4, -0.2) is 32.1 Å². The summed E-state index contributed by atoms with van der Waals surface area (Å²) in [6.07, 6.45) is 2.72. The first-order chi connectivity index (χ1) is 13.6. The third-order valence-electron chi connectivity index (χ3n) is 3.86. The fraction of sp³-hybridized carbons (Fsp3) is 0.167. The van der Waals surface area contributed by atoms with Crippen LogP contribution in [0.5, 0.6) is 5.88 Å². The molecule has 3 heterocycles. The van der Waals surface area contributed by atoms with E-state index in [0.29, 0.717) is 22.5 Å². The first kappa shape index (κ1) is 18.0. The van der Waals surface area contributed by atoms with Crippen LogP contribution in [0.25, 0.3) is 17.3 Å². The van der Waals surface area contributed by atoms with E-state index in [4.69, 9.17) is 9.15 Å². The van der Waals surface area contributed by atoms with Crippen molar-refractivity contribution >= 4 is 29.4 Å². The third kappa shape index (κ3) is 3.67. The maximum atomic E-state index is 10.8. The van der Waals surface area contributed by atoms with Crippen molar-refractivity contribution in [2.75, 3.05) is 11.1 Å².